The lowest BCUT2D eigenvalue weighted by atomic mass is 10.1. The Hall–Kier alpha value is -2.97. The quantitative estimate of drug-likeness (QED) is 0.602. The van der Waals surface area contributed by atoms with Gasteiger partial charge in [-0.25, -0.2) is 4.79 Å². The van der Waals surface area contributed by atoms with E-state index in [9.17, 15) is 19.7 Å². The van der Waals surface area contributed by atoms with Crippen molar-refractivity contribution in [2.75, 3.05) is 13.7 Å². The first-order valence-electron chi connectivity index (χ1n) is 7.20. The van der Waals surface area contributed by atoms with Gasteiger partial charge in [0.25, 0.3) is 5.69 Å². The maximum Gasteiger partial charge on any atom is 0.415 e. The number of non-ortho nitro benzene ring substituents is 1. The number of benzene rings is 1. The summed E-state index contributed by atoms with van der Waals surface area (Å²) in [6.45, 7) is 1.61. The van der Waals surface area contributed by atoms with Crippen molar-refractivity contribution >= 4 is 23.4 Å². The minimum atomic E-state index is -0.645. The highest BCUT2D eigenvalue weighted by Gasteiger charge is 2.36. The highest BCUT2D eigenvalue weighted by Crippen LogP contribution is 2.21. The van der Waals surface area contributed by atoms with Crippen LogP contribution in [0.15, 0.2) is 29.4 Å². The first-order chi connectivity index (χ1) is 11.4. The molecule has 1 unspecified atom stereocenters. The van der Waals surface area contributed by atoms with Crippen LogP contribution in [0.1, 0.15) is 18.9 Å². The number of amidine groups is 1. The average Bonchev–Trinajstić information content (AvgIpc) is 2.98. The van der Waals surface area contributed by atoms with Crippen LogP contribution >= 0.6 is 0 Å². The molecule has 128 valence electrons. The van der Waals surface area contributed by atoms with E-state index >= 15 is 0 Å². The van der Waals surface area contributed by atoms with Crippen LogP contribution in [-0.2, 0) is 21.0 Å². The van der Waals surface area contributed by atoms with Crippen molar-refractivity contribution in [1.29, 1.82) is 0 Å². The second kappa shape index (κ2) is 7.53. The SMILES string of the molecule is CO/N=C1\CC(C(C)=O)CN1C(=O)OCc1ccc([N+](=O)[O-])cc1. The number of hydrogen-bond donors (Lipinski definition) is 0. The fourth-order valence-electron chi connectivity index (χ4n) is 2.30. The molecule has 2 rings (SSSR count). The van der Waals surface area contributed by atoms with Crippen LogP contribution in [0.25, 0.3) is 0 Å². The zero-order valence-electron chi connectivity index (χ0n) is 13.3. The highest BCUT2D eigenvalue weighted by atomic mass is 16.6. The molecular formula is C15H17N3O6. The van der Waals surface area contributed by atoms with E-state index in [2.05, 4.69) is 5.16 Å². The van der Waals surface area contributed by atoms with E-state index in [1.165, 1.54) is 43.2 Å². The summed E-state index contributed by atoms with van der Waals surface area (Å²) in [5, 5.41) is 14.4. The topological polar surface area (TPSA) is 111 Å². The second-order valence-corrected chi connectivity index (χ2v) is 5.29. The molecular weight excluding hydrogens is 318 g/mol. The van der Waals surface area contributed by atoms with Gasteiger partial charge < -0.3 is 9.57 Å². The van der Waals surface area contributed by atoms with E-state index in [1.54, 1.807) is 0 Å². The number of likely N-dealkylation sites (tertiary alicyclic amines) is 1. The maximum atomic E-state index is 12.2. The first-order valence-corrected chi connectivity index (χ1v) is 7.20. The van der Waals surface area contributed by atoms with Gasteiger partial charge in [-0.3, -0.25) is 19.8 Å². The number of Topliss-reactive ketones (excluding diaryl/α,β-unsaturated/α-hetero) is 1. The number of hydrogen-bond acceptors (Lipinski definition) is 7. The third kappa shape index (κ3) is 4.06. The summed E-state index contributed by atoms with van der Waals surface area (Å²) >= 11 is 0. The van der Waals surface area contributed by atoms with E-state index in [4.69, 9.17) is 9.57 Å². The number of nitrogens with zero attached hydrogens (tertiary/aromatic N) is 3. The molecule has 0 saturated carbocycles. The lowest BCUT2D eigenvalue weighted by Crippen LogP contribution is -2.33. The number of carbonyl (C=O) groups excluding carboxylic acids is 2. The smallest absolute Gasteiger partial charge is 0.415 e. The van der Waals surface area contributed by atoms with Crippen molar-refractivity contribution in [3.8, 4) is 0 Å². The van der Waals surface area contributed by atoms with Crippen LogP contribution in [-0.4, -0.2) is 41.2 Å². The predicted octanol–water partition coefficient (Wildman–Crippen LogP) is 2.10. The van der Waals surface area contributed by atoms with Crippen LogP contribution in [0.4, 0.5) is 10.5 Å². The Balaban J connectivity index is 1.99. The summed E-state index contributed by atoms with van der Waals surface area (Å²) in [6.07, 6.45) is -0.330. The number of rotatable bonds is 5. The largest absolute Gasteiger partial charge is 0.444 e. The monoisotopic (exact) mass is 335 g/mol. The molecule has 0 N–H and O–H groups in total. The molecule has 1 aliphatic heterocycles. The number of nitro groups is 1. The van der Waals surface area contributed by atoms with Crippen LogP contribution in [0, 0.1) is 16.0 Å². The van der Waals surface area contributed by atoms with Crippen molar-refractivity contribution in [3.05, 3.63) is 39.9 Å². The Morgan fingerprint density at radius 1 is 1.38 bits per heavy atom. The van der Waals surface area contributed by atoms with Crippen molar-refractivity contribution in [1.82, 2.24) is 4.90 Å². The first kappa shape index (κ1) is 17.4. The molecule has 9 nitrogen and oxygen atoms in total. The van der Waals surface area contributed by atoms with Crippen LogP contribution in [0.3, 0.4) is 0 Å². The fraction of sp³-hybridized carbons (Fsp3) is 0.400. The number of oxime groups is 1. The normalized spacial score (nSPS) is 18.5. The highest BCUT2D eigenvalue weighted by molar-refractivity contribution is 6.00. The van der Waals surface area contributed by atoms with Crippen molar-refractivity contribution in [2.45, 2.75) is 20.0 Å². The molecule has 1 aliphatic rings. The van der Waals surface area contributed by atoms with Crippen LogP contribution in [0.5, 0.6) is 0 Å². The standard InChI is InChI=1S/C15H17N3O6/c1-10(19)12-7-14(16-23-2)17(8-12)15(20)24-9-11-3-5-13(6-4-11)18(21)22/h3-6,12H,7-9H2,1-2H3/b16-14+. The molecule has 0 radical (unpaired) electrons. The lowest BCUT2D eigenvalue weighted by Gasteiger charge is -2.16. The van der Waals surface area contributed by atoms with Gasteiger partial charge in [-0.15, -0.1) is 0 Å². The molecule has 0 bridgehead atoms. The summed E-state index contributed by atoms with van der Waals surface area (Å²) in [5.41, 5.74) is 0.574. The van der Waals surface area contributed by atoms with Gasteiger partial charge in [0, 0.05) is 31.0 Å². The zero-order chi connectivity index (χ0) is 17.7. The van der Waals surface area contributed by atoms with Gasteiger partial charge in [-0.05, 0) is 24.6 Å². The van der Waals surface area contributed by atoms with E-state index in [0.717, 1.165) is 0 Å². The minimum Gasteiger partial charge on any atom is -0.444 e. The molecule has 0 aliphatic carbocycles. The van der Waals surface area contributed by atoms with Gasteiger partial charge in [-0.1, -0.05) is 5.16 Å². The van der Waals surface area contributed by atoms with Crippen LogP contribution < -0.4 is 0 Å². The van der Waals surface area contributed by atoms with E-state index in [-0.39, 0.29) is 30.5 Å². The molecule has 1 saturated heterocycles. The maximum absolute atomic E-state index is 12.2. The molecule has 1 aromatic rings. The third-order valence-corrected chi connectivity index (χ3v) is 3.64. The molecule has 24 heavy (non-hydrogen) atoms. The summed E-state index contributed by atoms with van der Waals surface area (Å²) in [4.78, 5) is 39.7. The van der Waals surface area contributed by atoms with Gasteiger partial charge in [0.05, 0.1) is 4.92 Å². The van der Waals surface area contributed by atoms with Crippen molar-refractivity contribution in [3.63, 3.8) is 0 Å². The number of nitro benzene ring substituents is 1. The van der Waals surface area contributed by atoms with Gasteiger partial charge in [0.15, 0.2) is 5.84 Å². The number of ketones is 1. The van der Waals surface area contributed by atoms with Gasteiger partial charge in [0.1, 0.15) is 19.5 Å². The molecule has 0 spiro atoms. The summed E-state index contributed by atoms with van der Waals surface area (Å²) < 4.78 is 5.19. The molecule has 0 aromatic heterocycles. The van der Waals surface area contributed by atoms with Gasteiger partial charge in [-0.2, -0.15) is 0 Å². The van der Waals surface area contributed by atoms with E-state index < -0.39 is 11.0 Å². The lowest BCUT2D eigenvalue weighted by molar-refractivity contribution is -0.384. The second-order valence-electron chi connectivity index (χ2n) is 5.29. The van der Waals surface area contributed by atoms with Gasteiger partial charge >= 0.3 is 6.09 Å². The fourth-order valence-corrected chi connectivity index (χ4v) is 2.30. The molecule has 1 heterocycles. The minimum absolute atomic E-state index is 0.0375. The third-order valence-electron chi connectivity index (χ3n) is 3.64. The van der Waals surface area contributed by atoms with Gasteiger partial charge in [0.2, 0.25) is 0 Å². The summed E-state index contributed by atoms with van der Waals surface area (Å²) in [7, 11) is 1.36. The van der Waals surface area contributed by atoms with E-state index in [1.807, 2.05) is 0 Å². The molecule has 1 aromatic carbocycles. The molecule has 9 heteroatoms. The molecule has 1 amide bonds. The Morgan fingerprint density at radius 2 is 2.04 bits per heavy atom. The Labute approximate surface area is 138 Å². The Morgan fingerprint density at radius 3 is 2.58 bits per heavy atom. The predicted molar refractivity (Wildman–Crippen MR) is 83.2 cm³/mol. The summed E-state index contributed by atoms with van der Waals surface area (Å²) in [5.74, 6) is -0.0262. The molecule has 1 atom stereocenters. The zero-order valence-corrected chi connectivity index (χ0v) is 13.3. The number of ether oxygens (including phenoxy) is 1. The Bertz CT molecular complexity index is 670. The summed E-state index contributed by atoms with van der Waals surface area (Å²) in [6, 6.07) is 5.70. The molecule has 1 fully saturated rings. The number of amides is 1. The van der Waals surface area contributed by atoms with Crippen molar-refractivity contribution in [2.24, 2.45) is 11.1 Å². The Kier molecular flexibility index (Phi) is 5.46. The average molecular weight is 335 g/mol. The number of carbonyl (C=O) groups is 2. The van der Waals surface area contributed by atoms with E-state index in [0.29, 0.717) is 17.8 Å². The van der Waals surface area contributed by atoms with Crippen LogP contribution in [0.2, 0.25) is 0 Å². The van der Waals surface area contributed by atoms with Crippen molar-refractivity contribution < 1.29 is 24.1 Å².